The van der Waals surface area contributed by atoms with Crippen molar-refractivity contribution in [3.05, 3.63) is 29.3 Å². The molecule has 0 saturated heterocycles. The van der Waals surface area contributed by atoms with Crippen molar-refractivity contribution < 1.29 is 5.11 Å². The quantitative estimate of drug-likeness (QED) is 0.794. The van der Waals surface area contributed by atoms with Crippen molar-refractivity contribution in [2.24, 2.45) is 5.92 Å². The lowest BCUT2D eigenvalue weighted by atomic mass is 10.0. The molecular formula is C17H27NO. The first-order valence-corrected chi connectivity index (χ1v) is 7.62. The second-order valence-electron chi connectivity index (χ2n) is 6.26. The first kappa shape index (κ1) is 14.4. The van der Waals surface area contributed by atoms with Gasteiger partial charge in [-0.1, -0.05) is 37.5 Å². The summed E-state index contributed by atoms with van der Waals surface area (Å²) in [5.41, 5.74) is 2.23. The largest absolute Gasteiger partial charge is 0.508 e. The van der Waals surface area contributed by atoms with Crippen LogP contribution in [0.2, 0.25) is 0 Å². The van der Waals surface area contributed by atoms with Gasteiger partial charge in [0.2, 0.25) is 0 Å². The van der Waals surface area contributed by atoms with E-state index in [4.69, 9.17) is 0 Å². The summed E-state index contributed by atoms with van der Waals surface area (Å²) in [6.07, 6.45) is 6.54. The minimum absolute atomic E-state index is 0.221. The number of benzene rings is 1. The Kier molecular flexibility index (Phi) is 4.87. The van der Waals surface area contributed by atoms with Gasteiger partial charge in [0.1, 0.15) is 5.75 Å². The maximum Gasteiger partial charge on any atom is 0.120 e. The molecule has 1 saturated carbocycles. The summed E-state index contributed by atoms with van der Waals surface area (Å²) in [6, 6.07) is 6.67. The molecule has 1 aliphatic rings. The maximum atomic E-state index is 9.99. The van der Waals surface area contributed by atoms with Gasteiger partial charge in [-0.3, -0.25) is 0 Å². The molecule has 0 aliphatic heterocycles. The van der Waals surface area contributed by atoms with Crippen LogP contribution in [-0.4, -0.2) is 11.1 Å². The predicted octanol–water partition coefficient (Wildman–Crippen LogP) is 4.32. The Balaban J connectivity index is 2.00. The molecule has 2 heteroatoms. The summed E-state index contributed by atoms with van der Waals surface area (Å²) in [5, 5.41) is 13.7. The summed E-state index contributed by atoms with van der Waals surface area (Å²) < 4.78 is 0. The lowest BCUT2D eigenvalue weighted by molar-refractivity contribution is 0.394. The molecule has 0 amide bonds. The first-order valence-electron chi connectivity index (χ1n) is 7.62. The van der Waals surface area contributed by atoms with E-state index in [9.17, 15) is 5.11 Å². The zero-order valence-corrected chi connectivity index (χ0v) is 12.4. The number of hydrogen-bond acceptors (Lipinski definition) is 2. The average molecular weight is 261 g/mol. The fourth-order valence-corrected chi connectivity index (χ4v) is 3.12. The Labute approximate surface area is 117 Å². The Morgan fingerprint density at radius 1 is 1.21 bits per heavy atom. The third kappa shape index (κ3) is 3.97. The van der Waals surface area contributed by atoms with Gasteiger partial charge in [-0.15, -0.1) is 0 Å². The van der Waals surface area contributed by atoms with Gasteiger partial charge in [0.15, 0.2) is 0 Å². The highest BCUT2D eigenvalue weighted by Crippen LogP contribution is 2.28. The molecule has 19 heavy (non-hydrogen) atoms. The van der Waals surface area contributed by atoms with Crippen LogP contribution in [0.15, 0.2) is 18.2 Å². The smallest absolute Gasteiger partial charge is 0.120 e. The number of rotatable bonds is 3. The van der Waals surface area contributed by atoms with Crippen molar-refractivity contribution in [2.75, 3.05) is 0 Å². The zero-order chi connectivity index (χ0) is 13.8. The number of phenolic OH excluding ortho intramolecular Hbond substituents is 1. The summed E-state index contributed by atoms with van der Waals surface area (Å²) >= 11 is 0. The molecule has 1 aromatic rings. The van der Waals surface area contributed by atoms with E-state index in [0.29, 0.717) is 11.8 Å². The molecule has 2 rings (SSSR count). The van der Waals surface area contributed by atoms with Gasteiger partial charge in [-0.2, -0.15) is 0 Å². The van der Waals surface area contributed by atoms with Gasteiger partial charge in [-0.25, -0.2) is 0 Å². The van der Waals surface area contributed by atoms with E-state index in [2.05, 4.69) is 32.2 Å². The van der Waals surface area contributed by atoms with Crippen molar-refractivity contribution in [3.63, 3.8) is 0 Å². The molecule has 0 heterocycles. The van der Waals surface area contributed by atoms with Crippen LogP contribution in [0.4, 0.5) is 0 Å². The highest BCUT2D eigenvalue weighted by molar-refractivity contribution is 5.37. The molecule has 1 fully saturated rings. The Hall–Kier alpha value is -1.02. The van der Waals surface area contributed by atoms with Gasteiger partial charge in [0, 0.05) is 17.6 Å². The van der Waals surface area contributed by atoms with Gasteiger partial charge in [-0.05, 0) is 45.1 Å². The molecule has 1 aromatic carbocycles. The van der Waals surface area contributed by atoms with Crippen LogP contribution >= 0.6 is 0 Å². The molecule has 3 unspecified atom stereocenters. The molecule has 0 bridgehead atoms. The maximum absolute atomic E-state index is 9.99. The Bertz CT molecular complexity index is 416. The van der Waals surface area contributed by atoms with Gasteiger partial charge >= 0.3 is 0 Å². The van der Waals surface area contributed by atoms with Gasteiger partial charge in [0.25, 0.3) is 0 Å². The molecule has 2 nitrogen and oxygen atoms in total. The standard InChI is InChI=1S/C17H27NO/c1-12-5-4-6-15(9-7-12)18-14(3)16-11-13(2)8-10-17(16)19/h8,10-12,14-15,18-19H,4-7,9H2,1-3H3. The second kappa shape index (κ2) is 6.42. The van der Waals surface area contributed by atoms with Gasteiger partial charge in [0.05, 0.1) is 0 Å². The predicted molar refractivity (Wildman–Crippen MR) is 80.4 cm³/mol. The van der Waals surface area contributed by atoms with Crippen molar-refractivity contribution in [3.8, 4) is 5.75 Å². The normalized spacial score (nSPS) is 25.8. The highest BCUT2D eigenvalue weighted by Gasteiger charge is 2.19. The van der Waals surface area contributed by atoms with E-state index in [1.807, 2.05) is 6.07 Å². The second-order valence-corrected chi connectivity index (χ2v) is 6.26. The summed E-state index contributed by atoms with van der Waals surface area (Å²) in [4.78, 5) is 0. The van der Waals surface area contributed by atoms with Crippen molar-refractivity contribution >= 4 is 0 Å². The van der Waals surface area contributed by atoms with Gasteiger partial charge < -0.3 is 10.4 Å². The SMILES string of the molecule is Cc1ccc(O)c(C(C)NC2CCCC(C)CC2)c1. The number of nitrogens with one attached hydrogen (secondary N) is 1. The monoisotopic (exact) mass is 261 g/mol. The first-order chi connectivity index (χ1) is 9.06. The molecule has 106 valence electrons. The van der Waals surface area contributed by atoms with Crippen molar-refractivity contribution in [1.29, 1.82) is 0 Å². The molecule has 0 radical (unpaired) electrons. The topological polar surface area (TPSA) is 32.3 Å². The number of hydrogen-bond donors (Lipinski definition) is 2. The zero-order valence-electron chi connectivity index (χ0n) is 12.4. The fraction of sp³-hybridized carbons (Fsp3) is 0.647. The van der Waals surface area contributed by atoms with Crippen LogP contribution in [0.1, 0.15) is 63.1 Å². The molecule has 2 N–H and O–H groups in total. The summed E-state index contributed by atoms with van der Waals surface area (Å²) in [5.74, 6) is 1.28. The van der Waals surface area contributed by atoms with E-state index in [-0.39, 0.29) is 6.04 Å². The average Bonchev–Trinajstić information content (AvgIpc) is 2.57. The van der Waals surface area contributed by atoms with Crippen LogP contribution in [0.5, 0.6) is 5.75 Å². The van der Waals surface area contributed by atoms with Crippen LogP contribution in [0.3, 0.4) is 0 Å². The third-order valence-corrected chi connectivity index (χ3v) is 4.39. The molecule has 3 atom stereocenters. The molecule has 1 aliphatic carbocycles. The van der Waals surface area contributed by atoms with Crippen LogP contribution in [-0.2, 0) is 0 Å². The minimum atomic E-state index is 0.221. The Morgan fingerprint density at radius 3 is 2.79 bits per heavy atom. The van der Waals surface area contributed by atoms with Crippen LogP contribution in [0, 0.1) is 12.8 Å². The van der Waals surface area contributed by atoms with E-state index in [0.717, 1.165) is 11.5 Å². The molecule has 0 aromatic heterocycles. The van der Waals surface area contributed by atoms with Crippen molar-refractivity contribution in [1.82, 2.24) is 5.32 Å². The van der Waals surface area contributed by atoms with Crippen LogP contribution < -0.4 is 5.32 Å². The number of aromatic hydroxyl groups is 1. The number of phenols is 1. The van der Waals surface area contributed by atoms with Crippen LogP contribution in [0.25, 0.3) is 0 Å². The number of aryl methyl sites for hydroxylation is 1. The summed E-state index contributed by atoms with van der Waals surface area (Å²) in [6.45, 7) is 6.59. The summed E-state index contributed by atoms with van der Waals surface area (Å²) in [7, 11) is 0. The molecular weight excluding hydrogens is 234 g/mol. The van der Waals surface area contributed by atoms with E-state index < -0.39 is 0 Å². The fourth-order valence-electron chi connectivity index (χ4n) is 3.12. The minimum Gasteiger partial charge on any atom is -0.508 e. The molecule has 0 spiro atoms. The lowest BCUT2D eigenvalue weighted by Crippen LogP contribution is -2.31. The lowest BCUT2D eigenvalue weighted by Gasteiger charge is -2.23. The van der Waals surface area contributed by atoms with E-state index in [1.165, 1.54) is 37.7 Å². The Morgan fingerprint density at radius 2 is 2.00 bits per heavy atom. The third-order valence-electron chi connectivity index (χ3n) is 4.39. The highest BCUT2D eigenvalue weighted by atomic mass is 16.3. The van der Waals surface area contributed by atoms with E-state index in [1.54, 1.807) is 6.07 Å². The van der Waals surface area contributed by atoms with E-state index >= 15 is 0 Å². The van der Waals surface area contributed by atoms with Crippen molar-refractivity contribution in [2.45, 2.75) is 65.0 Å².